The molecule has 0 saturated carbocycles. The second-order valence-corrected chi connectivity index (χ2v) is 4.16. The van der Waals surface area contributed by atoms with Crippen molar-refractivity contribution >= 4 is 22.8 Å². The fourth-order valence-corrected chi connectivity index (χ4v) is 1.94. The van der Waals surface area contributed by atoms with Crippen molar-refractivity contribution in [3.05, 3.63) is 35.7 Å². The summed E-state index contributed by atoms with van der Waals surface area (Å²) in [5.74, 6) is 1.37. The van der Waals surface area contributed by atoms with E-state index in [2.05, 4.69) is 19.9 Å². The van der Waals surface area contributed by atoms with E-state index in [-0.39, 0.29) is 0 Å². The van der Waals surface area contributed by atoms with Crippen LogP contribution in [-0.4, -0.2) is 27.0 Å². The Bertz CT molecular complexity index is 677. The first kappa shape index (κ1) is 11.0. The van der Waals surface area contributed by atoms with Gasteiger partial charge in [0.1, 0.15) is 23.4 Å². The van der Waals surface area contributed by atoms with Crippen molar-refractivity contribution < 1.29 is 4.74 Å². The molecule has 0 aliphatic carbocycles. The molecular formula is C12H9ClN4O. The number of aromatic nitrogens is 4. The molecule has 5 nitrogen and oxygen atoms in total. The molecule has 0 radical (unpaired) electrons. The van der Waals surface area contributed by atoms with E-state index in [4.69, 9.17) is 16.3 Å². The first-order valence-corrected chi connectivity index (χ1v) is 5.65. The lowest BCUT2D eigenvalue weighted by Crippen LogP contribution is -1.86. The Kier molecular flexibility index (Phi) is 2.60. The molecule has 6 heteroatoms. The maximum atomic E-state index is 6.03. The summed E-state index contributed by atoms with van der Waals surface area (Å²) in [5, 5.41) is 0.593. The zero-order chi connectivity index (χ0) is 12.5. The Morgan fingerprint density at radius 3 is 2.94 bits per heavy atom. The highest BCUT2D eigenvalue weighted by molar-refractivity contribution is 6.31. The maximum Gasteiger partial charge on any atom is 0.181 e. The van der Waals surface area contributed by atoms with Crippen LogP contribution in [0.2, 0.25) is 5.02 Å². The van der Waals surface area contributed by atoms with E-state index < -0.39 is 0 Å². The lowest BCUT2D eigenvalue weighted by atomic mass is 10.2. The summed E-state index contributed by atoms with van der Waals surface area (Å²) in [6.07, 6.45) is 3.14. The summed E-state index contributed by atoms with van der Waals surface area (Å²) in [5.41, 5.74) is 2.25. The molecule has 2 aromatic heterocycles. The second-order valence-electron chi connectivity index (χ2n) is 3.73. The average molecular weight is 261 g/mol. The molecular weight excluding hydrogens is 252 g/mol. The fourth-order valence-electron chi connectivity index (χ4n) is 1.72. The number of imidazole rings is 1. The number of rotatable bonds is 2. The Morgan fingerprint density at radius 1 is 1.28 bits per heavy atom. The number of H-pyrrole nitrogens is 1. The van der Waals surface area contributed by atoms with Crippen LogP contribution in [0.1, 0.15) is 0 Å². The zero-order valence-electron chi connectivity index (χ0n) is 9.51. The monoisotopic (exact) mass is 260 g/mol. The highest BCUT2D eigenvalue weighted by Gasteiger charge is 2.08. The fraction of sp³-hybridized carbons (Fsp3) is 0.0833. The molecule has 0 amide bonds. The Hall–Kier alpha value is -2.14. The van der Waals surface area contributed by atoms with Crippen molar-refractivity contribution in [1.82, 2.24) is 19.9 Å². The van der Waals surface area contributed by atoms with Crippen molar-refractivity contribution in [2.75, 3.05) is 7.11 Å². The van der Waals surface area contributed by atoms with Gasteiger partial charge in [-0.25, -0.2) is 15.0 Å². The molecule has 3 aromatic rings. The molecule has 1 aromatic carbocycles. The predicted molar refractivity (Wildman–Crippen MR) is 68.7 cm³/mol. The first-order chi connectivity index (χ1) is 8.76. The summed E-state index contributed by atoms with van der Waals surface area (Å²) >= 11 is 6.03. The van der Waals surface area contributed by atoms with Gasteiger partial charge in [-0.2, -0.15) is 0 Å². The minimum Gasteiger partial charge on any atom is -0.497 e. The molecule has 0 fully saturated rings. The van der Waals surface area contributed by atoms with E-state index in [1.807, 2.05) is 12.1 Å². The maximum absolute atomic E-state index is 6.03. The minimum atomic E-state index is 0.593. The quantitative estimate of drug-likeness (QED) is 0.769. The molecule has 0 bridgehead atoms. The van der Waals surface area contributed by atoms with Crippen LogP contribution in [0.4, 0.5) is 0 Å². The molecule has 0 saturated heterocycles. The van der Waals surface area contributed by atoms with Gasteiger partial charge in [-0.3, -0.25) is 0 Å². The Balaban J connectivity index is 2.16. The first-order valence-electron chi connectivity index (χ1n) is 5.27. The zero-order valence-corrected chi connectivity index (χ0v) is 10.3. The van der Waals surface area contributed by atoms with Gasteiger partial charge in [-0.1, -0.05) is 11.6 Å². The third-order valence-electron chi connectivity index (χ3n) is 2.54. The minimum absolute atomic E-state index is 0.593. The molecule has 0 atom stereocenters. The molecule has 0 aliphatic rings. The SMILES string of the molecule is COc1cc(Cl)cc(-c2nc3ncncc3[nH]2)c1. The van der Waals surface area contributed by atoms with Gasteiger partial charge in [0, 0.05) is 10.6 Å². The van der Waals surface area contributed by atoms with Crippen molar-refractivity contribution in [2.45, 2.75) is 0 Å². The largest absolute Gasteiger partial charge is 0.497 e. The lowest BCUT2D eigenvalue weighted by molar-refractivity contribution is 0.415. The number of fused-ring (bicyclic) bond motifs is 1. The van der Waals surface area contributed by atoms with E-state index in [1.165, 1.54) is 6.33 Å². The standard InChI is InChI=1S/C12H9ClN4O/c1-18-9-3-7(2-8(13)4-9)11-16-10-5-14-6-15-12(10)17-11/h2-6H,1H3,(H,14,15,16,17). The van der Waals surface area contributed by atoms with E-state index in [0.717, 1.165) is 11.1 Å². The average Bonchev–Trinajstić information content (AvgIpc) is 2.81. The smallest absolute Gasteiger partial charge is 0.181 e. The summed E-state index contributed by atoms with van der Waals surface area (Å²) in [6, 6.07) is 5.42. The number of ether oxygens (including phenoxy) is 1. The Morgan fingerprint density at radius 2 is 2.17 bits per heavy atom. The highest BCUT2D eigenvalue weighted by Crippen LogP contribution is 2.27. The number of nitrogens with one attached hydrogen (secondary N) is 1. The number of halogens is 1. The number of hydrogen-bond acceptors (Lipinski definition) is 4. The van der Waals surface area contributed by atoms with Crippen LogP contribution < -0.4 is 4.74 Å². The van der Waals surface area contributed by atoms with Gasteiger partial charge in [-0.15, -0.1) is 0 Å². The van der Waals surface area contributed by atoms with Crippen LogP contribution in [0, 0.1) is 0 Å². The van der Waals surface area contributed by atoms with Gasteiger partial charge in [0.25, 0.3) is 0 Å². The molecule has 0 spiro atoms. The number of aromatic amines is 1. The van der Waals surface area contributed by atoms with E-state index in [1.54, 1.807) is 19.4 Å². The third kappa shape index (κ3) is 1.89. The third-order valence-corrected chi connectivity index (χ3v) is 2.76. The molecule has 18 heavy (non-hydrogen) atoms. The van der Waals surface area contributed by atoms with Crippen molar-refractivity contribution in [3.8, 4) is 17.1 Å². The van der Waals surface area contributed by atoms with Crippen LogP contribution in [0.3, 0.4) is 0 Å². The summed E-state index contributed by atoms with van der Waals surface area (Å²) in [6.45, 7) is 0. The number of benzene rings is 1. The normalized spacial score (nSPS) is 10.8. The van der Waals surface area contributed by atoms with Gasteiger partial charge in [0.2, 0.25) is 0 Å². The van der Waals surface area contributed by atoms with Crippen molar-refractivity contribution in [2.24, 2.45) is 0 Å². The van der Waals surface area contributed by atoms with E-state index in [9.17, 15) is 0 Å². The van der Waals surface area contributed by atoms with Crippen LogP contribution >= 0.6 is 11.6 Å². The van der Waals surface area contributed by atoms with Crippen LogP contribution in [-0.2, 0) is 0 Å². The number of hydrogen-bond donors (Lipinski definition) is 1. The van der Waals surface area contributed by atoms with Crippen LogP contribution in [0.25, 0.3) is 22.6 Å². The summed E-state index contributed by atoms with van der Waals surface area (Å²) < 4.78 is 5.18. The molecule has 0 unspecified atom stereocenters. The summed E-state index contributed by atoms with van der Waals surface area (Å²) in [7, 11) is 1.60. The van der Waals surface area contributed by atoms with Gasteiger partial charge in [0.15, 0.2) is 5.65 Å². The molecule has 1 N–H and O–H groups in total. The van der Waals surface area contributed by atoms with Gasteiger partial charge in [-0.05, 0) is 18.2 Å². The van der Waals surface area contributed by atoms with Gasteiger partial charge < -0.3 is 9.72 Å². The second kappa shape index (κ2) is 4.27. The predicted octanol–water partition coefficient (Wildman–Crippen LogP) is 2.68. The molecule has 90 valence electrons. The number of methoxy groups -OCH3 is 1. The highest BCUT2D eigenvalue weighted by atomic mass is 35.5. The van der Waals surface area contributed by atoms with Crippen LogP contribution in [0.5, 0.6) is 5.75 Å². The van der Waals surface area contributed by atoms with Gasteiger partial charge >= 0.3 is 0 Å². The Labute approximate surface area is 108 Å². The van der Waals surface area contributed by atoms with Gasteiger partial charge in [0.05, 0.1) is 13.3 Å². The summed E-state index contributed by atoms with van der Waals surface area (Å²) in [4.78, 5) is 15.5. The van der Waals surface area contributed by atoms with E-state index in [0.29, 0.717) is 22.2 Å². The van der Waals surface area contributed by atoms with Crippen molar-refractivity contribution in [1.29, 1.82) is 0 Å². The molecule has 2 heterocycles. The van der Waals surface area contributed by atoms with Crippen molar-refractivity contribution in [3.63, 3.8) is 0 Å². The van der Waals surface area contributed by atoms with E-state index >= 15 is 0 Å². The lowest BCUT2D eigenvalue weighted by Gasteiger charge is -2.03. The van der Waals surface area contributed by atoms with Crippen LogP contribution in [0.15, 0.2) is 30.7 Å². The molecule has 3 rings (SSSR count). The number of nitrogens with zero attached hydrogens (tertiary/aromatic N) is 3. The topological polar surface area (TPSA) is 63.7 Å². The molecule has 0 aliphatic heterocycles.